The Balaban J connectivity index is 1.70. The van der Waals surface area contributed by atoms with E-state index in [1.165, 1.54) is 12.1 Å². The third kappa shape index (κ3) is 5.38. The van der Waals surface area contributed by atoms with Crippen molar-refractivity contribution in [2.45, 2.75) is 13.2 Å². The van der Waals surface area contributed by atoms with Crippen LogP contribution >= 0.6 is 39.1 Å². The molecule has 0 saturated heterocycles. The van der Waals surface area contributed by atoms with Gasteiger partial charge < -0.3 is 10.1 Å². The SMILES string of the molecule is O=[N+]([O-])c1ccc(NCc2cc(Br)ccc2OCc2ccc(Cl)cc2Cl)cc1. The number of ether oxygens (including phenoxy) is 1. The summed E-state index contributed by atoms with van der Waals surface area (Å²) < 4.78 is 6.88. The zero-order chi connectivity index (χ0) is 20.1. The van der Waals surface area contributed by atoms with Crippen molar-refractivity contribution in [2.24, 2.45) is 0 Å². The van der Waals surface area contributed by atoms with E-state index < -0.39 is 4.92 Å². The van der Waals surface area contributed by atoms with Crippen LogP contribution < -0.4 is 10.1 Å². The molecule has 0 fully saturated rings. The summed E-state index contributed by atoms with van der Waals surface area (Å²) in [5, 5.41) is 15.1. The zero-order valence-electron chi connectivity index (χ0n) is 14.5. The van der Waals surface area contributed by atoms with E-state index in [-0.39, 0.29) is 5.69 Å². The van der Waals surface area contributed by atoms with E-state index in [1.54, 1.807) is 24.3 Å². The van der Waals surface area contributed by atoms with Gasteiger partial charge in [0.2, 0.25) is 0 Å². The van der Waals surface area contributed by atoms with E-state index in [9.17, 15) is 10.1 Å². The molecule has 0 atom stereocenters. The van der Waals surface area contributed by atoms with Gasteiger partial charge in [0.15, 0.2) is 0 Å². The van der Waals surface area contributed by atoms with Gasteiger partial charge in [0.25, 0.3) is 5.69 Å². The fourth-order valence-corrected chi connectivity index (χ4v) is 3.39. The van der Waals surface area contributed by atoms with Crippen LogP contribution in [-0.2, 0) is 13.2 Å². The second-order valence-corrected chi connectivity index (χ2v) is 7.69. The normalized spacial score (nSPS) is 10.5. The number of nitro groups is 1. The monoisotopic (exact) mass is 480 g/mol. The Morgan fingerprint density at radius 3 is 2.43 bits per heavy atom. The van der Waals surface area contributed by atoms with Crippen LogP contribution in [-0.4, -0.2) is 4.92 Å². The first-order chi connectivity index (χ1) is 13.4. The Morgan fingerprint density at radius 1 is 1.00 bits per heavy atom. The van der Waals surface area contributed by atoms with E-state index in [2.05, 4.69) is 21.2 Å². The fourth-order valence-electron chi connectivity index (χ4n) is 2.52. The van der Waals surface area contributed by atoms with Gasteiger partial charge in [-0.2, -0.15) is 0 Å². The lowest BCUT2D eigenvalue weighted by atomic mass is 10.2. The number of rotatable bonds is 7. The second-order valence-electron chi connectivity index (χ2n) is 5.93. The highest BCUT2D eigenvalue weighted by Gasteiger charge is 2.09. The average Bonchev–Trinajstić information content (AvgIpc) is 2.67. The van der Waals surface area contributed by atoms with Crippen LogP contribution in [0.4, 0.5) is 11.4 Å². The fraction of sp³-hybridized carbons (Fsp3) is 0.100. The third-order valence-electron chi connectivity index (χ3n) is 3.98. The first kappa shape index (κ1) is 20.5. The molecule has 0 aliphatic carbocycles. The van der Waals surface area contributed by atoms with Crippen LogP contribution in [0.3, 0.4) is 0 Å². The molecule has 3 aromatic carbocycles. The average molecular weight is 482 g/mol. The van der Waals surface area contributed by atoms with E-state index in [1.807, 2.05) is 24.3 Å². The van der Waals surface area contributed by atoms with Gasteiger partial charge in [-0.25, -0.2) is 0 Å². The Morgan fingerprint density at radius 2 is 1.75 bits per heavy atom. The molecule has 0 aromatic heterocycles. The van der Waals surface area contributed by atoms with Gasteiger partial charge in [0.05, 0.1) is 4.92 Å². The molecule has 5 nitrogen and oxygen atoms in total. The van der Waals surface area contributed by atoms with E-state index >= 15 is 0 Å². The quantitative estimate of drug-likeness (QED) is 0.296. The Hall–Kier alpha value is -2.28. The summed E-state index contributed by atoms with van der Waals surface area (Å²) in [6.07, 6.45) is 0. The van der Waals surface area contributed by atoms with Crippen LogP contribution in [0.1, 0.15) is 11.1 Å². The molecule has 0 aliphatic heterocycles. The number of nitrogens with zero attached hydrogens (tertiary/aromatic N) is 1. The smallest absolute Gasteiger partial charge is 0.269 e. The summed E-state index contributed by atoms with van der Waals surface area (Å²) in [5.74, 6) is 0.712. The molecule has 0 heterocycles. The van der Waals surface area contributed by atoms with Crippen molar-refractivity contribution >= 4 is 50.5 Å². The lowest BCUT2D eigenvalue weighted by molar-refractivity contribution is -0.384. The van der Waals surface area contributed by atoms with Crippen LogP contribution in [0, 0.1) is 10.1 Å². The number of hydrogen-bond acceptors (Lipinski definition) is 4. The molecule has 0 amide bonds. The summed E-state index contributed by atoms with van der Waals surface area (Å²) in [4.78, 5) is 10.3. The first-order valence-electron chi connectivity index (χ1n) is 8.26. The Kier molecular flexibility index (Phi) is 6.78. The molecule has 1 N–H and O–H groups in total. The predicted octanol–water partition coefficient (Wildman–Crippen LogP) is 6.86. The van der Waals surface area contributed by atoms with Crippen molar-refractivity contribution in [1.82, 2.24) is 0 Å². The van der Waals surface area contributed by atoms with Crippen molar-refractivity contribution in [3.63, 3.8) is 0 Å². The topological polar surface area (TPSA) is 64.4 Å². The van der Waals surface area contributed by atoms with Crippen LogP contribution in [0.2, 0.25) is 10.0 Å². The van der Waals surface area contributed by atoms with E-state index in [4.69, 9.17) is 27.9 Å². The third-order valence-corrected chi connectivity index (χ3v) is 5.06. The minimum Gasteiger partial charge on any atom is -0.488 e. The molecule has 0 bridgehead atoms. The lowest BCUT2D eigenvalue weighted by Crippen LogP contribution is -2.04. The molecule has 0 radical (unpaired) electrons. The van der Waals surface area contributed by atoms with Gasteiger partial charge >= 0.3 is 0 Å². The highest BCUT2D eigenvalue weighted by molar-refractivity contribution is 9.10. The molecule has 28 heavy (non-hydrogen) atoms. The van der Waals surface area contributed by atoms with Crippen molar-refractivity contribution in [3.05, 3.63) is 96.4 Å². The number of non-ortho nitro benzene ring substituents is 1. The minimum atomic E-state index is -0.425. The molecule has 3 rings (SSSR count). The molecule has 0 aliphatic rings. The number of hydrogen-bond donors (Lipinski definition) is 1. The lowest BCUT2D eigenvalue weighted by Gasteiger charge is -2.14. The molecular weight excluding hydrogens is 467 g/mol. The van der Waals surface area contributed by atoms with Crippen LogP contribution in [0.5, 0.6) is 5.75 Å². The summed E-state index contributed by atoms with van der Waals surface area (Å²) in [5.41, 5.74) is 2.59. The molecule has 144 valence electrons. The molecule has 3 aromatic rings. The van der Waals surface area contributed by atoms with Gasteiger partial charge in [-0.1, -0.05) is 45.2 Å². The van der Waals surface area contributed by atoms with Crippen molar-refractivity contribution in [2.75, 3.05) is 5.32 Å². The first-order valence-corrected chi connectivity index (χ1v) is 9.81. The van der Waals surface area contributed by atoms with Gasteiger partial charge in [-0.3, -0.25) is 10.1 Å². The van der Waals surface area contributed by atoms with Gasteiger partial charge in [0, 0.05) is 50.0 Å². The van der Waals surface area contributed by atoms with Crippen molar-refractivity contribution in [3.8, 4) is 5.75 Å². The van der Waals surface area contributed by atoms with Gasteiger partial charge in [0.1, 0.15) is 12.4 Å². The van der Waals surface area contributed by atoms with Crippen molar-refractivity contribution < 1.29 is 9.66 Å². The maximum atomic E-state index is 10.8. The molecule has 0 unspecified atom stereocenters. The molecular formula is C20H15BrCl2N2O3. The number of nitro benzene ring substituents is 1. The molecule has 0 spiro atoms. The van der Waals surface area contributed by atoms with Gasteiger partial charge in [-0.05, 0) is 42.5 Å². The Labute approximate surface area is 180 Å². The standard InChI is InChI=1S/C20H15BrCl2N2O3/c21-15-2-8-20(28-12-13-1-3-16(22)10-19(13)23)14(9-15)11-24-17-4-6-18(7-5-17)25(26)27/h1-10,24H,11-12H2. The largest absolute Gasteiger partial charge is 0.488 e. The highest BCUT2D eigenvalue weighted by atomic mass is 79.9. The second kappa shape index (κ2) is 9.28. The van der Waals surface area contributed by atoms with E-state index in [0.29, 0.717) is 28.9 Å². The summed E-state index contributed by atoms with van der Waals surface area (Å²) in [7, 11) is 0. The molecule has 0 saturated carbocycles. The molecule has 8 heteroatoms. The van der Waals surface area contributed by atoms with Gasteiger partial charge in [-0.15, -0.1) is 0 Å². The zero-order valence-corrected chi connectivity index (χ0v) is 17.6. The van der Waals surface area contributed by atoms with Crippen LogP contribution in [0.25, 0.3) is 0 Å². The maximum Gasteiger partial charge on any atom is 0.269 e. The Bertz CT molecular complexity index is 997. The number of anilines is 1. The summed E-state index contributed by atoms with van der Waals surface area (Å²) >= 11 is 15.6. The summed E-state index contributed by atoms with van der Waals surface area (Å²) in [6.45, 7) is 0.795. The summed E-state index contributed by atoms with van der Waals surface area (Å²) in [6, 6.07) is 17.3. The van der Waals surface area contributed by atoms with Crippen molar-refractivity contribution in [1.29, 1.82) is 0 Å². The van der Waals surface area contributed by atoms with E-state index in [0.717, 1.165) is 21.3 Å². The number of halogens is 3. The highest BCUT2D eigenvalue weighted by Crippen LogP contribution is 2.27. The number of nitrogens with one attached hydrogen (secondary N) is 1. The maximum absolute atomic E-state index is 10.8. The minimum absolute atomic E-state index is 0.0527. The van der Waals surface area contributed by atoms with Crippen LogP contribution in [0.15, 0.2) is 65.1 Å². The predicted molar refractivity (Wildman–Crippen MR) is 115 cm³/mol. The number of benzene rings is 3.